The molecule has 0 spiro atoms. The van der Waals surface area contributed by atoms with E-state index in [0.717, 1.165) is 23.2 Å². The van der Waals surface area contributed by atoms with Crippen molar-refractivity contribution in [3.05, 3.63) is 28.8 Å². The van der Waals surface area contributed by atoms with Gasteiger partial charge in [-0.3, -0.25) is 4.79 Å². The van der Waals surface area contributed by atoms with Gasteiger partial charge < -0.3 is 10.1 Å². The third kappa shape index (κ3) is 5.98. The third-order valence-corrected chi connectivity index (χ3v) is 5.54. The first-order chi connectivity index (χ1) is 11.6. The SMILES string of the molecule is CCC[C@H](C)NC(=O)COC(=O)c1cc(S(=O)(=O)N(C)C)ccc1Cl. The van der Waals surface area contributed by atoms with E-state index in [4.69, 9.17) is 16.3 Å². The molecule has 0 aliphatic heterocycles. The summed E-state index contributed by atoms with van der Waals surface area (Å²) in [4.78, 5) is 23.8. The van der Waals surface area contributed by atoms with Crippen LogP contribution in [0.3, 0.4) is 0 Å². The molecule has 0 fully saturated rings. The van der Waals surface area contributed by atoms with Gasteiger partial charge in [0.1, 0.15) is 0 Å². The molecule has 0 aromatic heterocycles. The second kappa shape index (κ2) is 9.17. The lowest BCUT2D eigenvalue weighted by atomic mass is 10.2. The Labute approximate surface area is 153 Å². The Kier molecular flexibility index (Phi) is 7.85. The van der Waals surface area contributed by atoms with E-state index in [2.05, 4.69) is 5.32 Å². The van der Waals surface area contributed by atoms with Crippen molar-refractivity contribution in [2.24, 2.45) is 0 Å². The molecule has 0 radical (unpaired) electrons. The summed E-state index contributed by atoms with van der Waals surface area (Å²) in [6.07, 6.45) is 1.74. The molecular formula is C16H23ClN2O5S. The van der Waals surface area contributed by atoms with Crippen molar-refractivity contribution in [2.45, 2.75) is 37.6 Å². The van der Waals surface area contributed by atoms with Crippen molar-refractivity contribution in [2.75, 3.05) is 20.7 Å². The standard InChI is InChI=1S/C16H23ClN2O5S/c1-5-6-11(2)18-15(20)10-24-16(21)13-9-12(7-8-14(13)17)25(22,23)19(3)4/h7-9,11H,5-6,10H2,1-4H3,(H,18,20)/t11-/m0/s1. The van der Waals surface area contributed by atoms with Crippen LogP contribution in [-0.4, -0.2) is 51.3 Å². The summed E-state index contributed by atoms with van der Waals surface area (Å²) in [5, 5.41) is 2.75. The number of carbonyl (C=O) groups excluding carboxylic acids is 2. The molecule has 9 heteroatoms. The van der Waals surface area contributed by atoms with Gasteiger partial charge in [0.15, 0.2) is 6.61 Å². The second-order valence-electron chi connectivity index (χ2n) is 5.76. The largest absolute Gasteiger partial charge is 0.452 e. The number of hydrogen-bond donors (Lipinski definition) is 1. The number of hydrogen-bond acceptors (Lipinski definition) is 5. The first kappa shape index (κ1) is 21.4. The lowest BCUT2D eigenvalue weighted by molar-refractivity contribution is -0.124. The summed E-state index contributed by atoms with van der Waals surface area (Å²) in [5.74, 6) is -1.29. The molecule has 1 aromatic rings. The number of halogens is 1. The number of amides is 1. The Morgan fingerprint density at radius 2 is 1.96 bits per heavy atom. The molecule has 25 heavy (non-hydrogen) atoms. The van der Waals surface area contributed by atoms with Crippen LogP contribution in [0.1, 0.15) is 37.0 Å². The van der Waals surface area contributed by atoms with E-state index >= 15 is 0 Å². The van der Waals surface area contributed by atoms with E-state index in [9.17, 15) is 18.0 Å². The number of sulfonamides is 1. The van der Waals surface area contributed by atoms with Crippen molar-refractivity contribution in [1.82, 2.24) is 9.62 Å². The summed E-state index contributed by atoms with van der Waals surface area (Å²) in [6.45, 7) is 3.39. The van der Waals surface area contributed by atoms with E-state index in [1.165, 1.54) is 26.2 Å². The monoisotopic (exact) mass is 390 g/mol. The van der Waals surface area contributed by atoms with Gasteiger partial charge in [-0.15, -0.1) is 0 Å². The maximum absolute atomic E-state index is 12.1. The van der Waals surface area contributed by atoms with E-state index < -0.39 is 28.5 Å². The molecule has 0 bridgehead atoms. The molecule has 140 valence electrons. The molecule has 1 rings (SSSR count). The number of nitrogens with one attached hydrogen (secondary N) is 1. The Hall–Kier alpha value is -1.64. The van der Waals surface area contributed by atoms with Gasteiger partial charge in [0.05, 0.1) is 15.5 Å². The highest BCUT2D eigenvalue weighted by Gasteiger charge is 2.22. The van der Waals surface area contributed by atoms with Gasteiger partial charge >= 0.3 is 5.97 Å². The highest BCUT2D eigenvalue weighted by atomic mass is 35.5. The van der Waals surface area contributed by atoms with Gasteiger partial charge in [0, 0.05) is 20.1 Å². The molecule has 1 atom stereocenters. The minimum absolute atomic E-state index is 0.0200. The number of rotatable bonds is 8. The van der Waals surface area contributed by atoms with E-state index in [1.54, 1.807) is 0 Å². The zero-order chi connectivity index (χ0) is 19.2. The fourth-order valence-electron chi connectivity index (χ4n) is 2.06. The molecule has 0 aliphatic rings. The minimum Gasteiger partial charge on any atom is -0.452 e. The quantitative estimate of drug-likeness (QED) is 0.686. The normalized spacial score (nSPS) is 12.7. The van der Waals surface area contributed by atoms with E-state index in [-0.39, 0.29) is 21.5 Å². The van der Waals surface area contributed by atoms with E-state index in [0.29, 0.717) is 0 Å². The summed E-state index contributed by atoms with van der Waals surface area (Å²) >= 11 is 5.95. The molecule has 0 saturated heterocycles. The van der Waals surface area contributed by atoms with Gasteiger partial charge in [-0.05, 0) is 31.5 Å². The summed E-state index contributed by atoms with van der Waals surface area (Å²) in [7, 11) is -0.958. The molecular weight excluding hydrogens is 368 g/mol. The highest BCUT2D eigenvalue weighted by molar-refractivity contribution is 7.89. The number of nitrogens with zero attached hydrogens (tertiary/aromatic N) is 1. The topological polar surface area (TPSA) is 92.8 Å². The minimum atomic E-state index is -3.72. The predicted octanol–water partition coefficient (Wildman–Crippen LogP) is 2.05. The van der Waals surface area contributed by atoms with Crippen LogP contribution in [0, 0.1) is 0 Å². The van der Waals surface area contributed by atoms with Crippen LogP contribution < -0.4 is 5.32 Å². The Morgan fingerprint density at radius 1 is 1.32 bits per heavy atom. The van der Waals surface area contributed by atoms with Crippen LogP contribution in [0.2, 0.25) is 5.02 Å². The summed E-state index contributed by atoms with van der Waals surface area (Å²) in [5.41, 5.74) is -0.112. The highest BCUT2D eigenvalue weighted by Crippen LogP contribution is 2.22. The summed E-state index contributed by atoms with van der Waals surface area (Å²) < 4.78 is 30.2. The molecule has 7 nitrogen and oxygen atoms in total. The van der Waals surface area contributed by atoms with Crippen LogP contribution in [0.5, 0.6) is 0 Å². The van der Waals surface area contributed by atoms with Crippen molar-refractivity contribution in [1.29, 1.82) is 0 Å². The second-order valence-corrected chi connectivity index (χ2v) is 8.32. The molecule has 0 saturated carbocycles. The number of esters is 1. The lowest BCUT2D eigenvalue weighted by Crippen LogP contribution is -2.35. The average Bonchev–Trinajstić information content (AvgIpc) is 2.52. The van der Waals surface area contributed by atoms with Gasteiger partial charge in [-0.2, -0.15) is 0 Å². The maximum atomic E-state index is 12.1. The molecule has 1 aromatic carbocycles. The predicted molar refractivity (Wildman–Crippen MR) is 95.1 cm³/mol. The average molecular weight is 391 g/mol. The van der Waals surface area contributed by atoms with Crippen LogP contribution >= 0.6 is 11.6 Å². The van der Waals surface area contributed by atoms with Crippen molar-refractivity contribution in [3.63, 3.8) is 0 Å². The van der Waals surface area contributed by atoms with Gasteiger partial charge in [0.2, 0.25) is 10.0 Å². The van der Waals surface area contributed by atoms with Crippen molar-refractivity contribution in [3.8, 4) is 0 Å². The molecule has 0 aliphatic carbocycles. The maximum Gasteiger partial charge on any atom is 0.340 e. The van der Waals surface area contributed by atoms with Crippen LogP contribution in [0.4, 0.5) is 0 Å². The van der Waals surface area contributed by atoms with Gasteiger partial charge in [-0.25, -0.2) is 17.5 Å². The van der Waals surface area contributed by atoms with Crippen LogP contribution in [0.15, 0.2) is 23.1 Å². The summed E-state index contributed by atoms with van der Waals surface area (Å²) in [6, 6.07) is 3.72. The van der Waals surface area contributed by atoms with Crippen molar-refractivity contribution < 1.29 is 22.7 Å². The third-order valence-electron chi connectivity index (χ3n) is 3.40. The van der Waals surface area contributed by atoms with Gasteiger partial charge in [0.25, 0.3) is 5.91 Å². The van der Waals surface area contributed by atoms with Crippen LogP contribution in [0.25, 0.3) is 0 Å². The number of benzene rings is 1. The molecule has 0 unspecified atom stereocenters. The zero-order valence-electron chi connectivity index (χ0n) is 14.7. The smallest absolute Gasteiger partial charge is 0.340 e. The number of carbonyl (C=O) groups is 2. The first-order valence-corrected chi connectivity index (χ1v) is 9.60. The first-order valence-electron chi connectivity index (χ1n) is 7.78. The van der Waals surface area contributed by atoms with Crippen molar-refractivity contribution >= 4 is 33.5 Å². The zero-order valence-corrected chi connectivity index (χ0v) is 16.3. The van der Waals surface area contributed by atoms with E-state index in [1.807, 2.05) is 13.8 Å². The Balaban J connectivity index is 2.84. The molecule has 1 N–H and O–H groups in total. The lowest BCUT2D eigenvalue weighted by Gasteiger charge is -2.14. The van der Waals surface area contributed by atoms with Gasteiger partial charge in [-0.1, -0.05) is 24.9 Å². The molecule has 0 heterocycles. The van der Waals surface area contributed by atoms with Crippen LogP contribution in [-0.2, 0) is 19.6 Å². The molecule has 1 amide bonds. The number of ether oxygens (including phenoxy) is 1. The fourth-order valence-corrected chi connectivity index (χ4v) is 3.19. The Morgan fingerprint density at radius 3 is 2.52 bits per heavy atom. The fraction of sp³-hybridized carbons (Fsp3) is 0.500. The Bertz CT molecular complexity index is 734.